The number of ketones is 1. The quantitative estimate of drug-likeness (QED) is 0.604. The Bertz CT molecular complexity index is 1120. The molecule has 2 N–H and O–H groups in total. The molecule has 0 saturated carbocycles. The zero-order valence-electron chi connectivity index (χ0n) is 16.2. The van der Waals surface area contributed by atoms with Gasteiger partial charge in [-0.3, -0.25) is 19.4 Å². The SMILES string of the molecule is CC(=O)c1cc(C(=O)NCC(C)n2ccc(-c3ccc(C#N)c(Cl)c3C)n2)[nH]n1. The van der Waals surface area contributed by atoms with Crippen molar-refractivity contribution in [1.29, 1.82) is 5.26 Å². The maximum Gasteiger partial charge on any atom is 0.269 e. The first-order valence-corrected chi connectivity index (χ1v) is 9.29. The minimum atomic E-state index is -0.348. The smallest absolute Gasteiger partial charge is 0.269 e. The molecule has 0 aliphatic rings. The van der Waals surface area contributed by atoms with Crippen LogP contribution in [0.2, 0.25) is 5.02 Å². The first kappa shape index (κ1) is 20.3. The summed E-state index contributed by atoms with van der Waals surface area (Å²) in [5, 5.41) is 23.2. The number of nitriles is 1. The van der Waals surface area contributed by atoms with Crippen LogP contribution >= 0.6 is 11.6 Å². The number of carbonyl (C=O) groups excluding carboxylic acids is 2. The second-order valence-electron chi connectivity index (χ2n) is 6.67. The molecule has 0 radical (unpaired) electrons. The van der Waals surface area contributed by atoms with Crippen LogP contribution in [0.15, 0.2) is 30.5 Å². The summed E-state index contributed by atoms with van der Waals surface area (Å²) in [6.45, 7) is 5.49. The van der Waals surface area contributed by atoms with Gasteiger partial charge in [0.25, 0.3) is 5.91 Å². The standard InChI is InChI=1S/C20H19ClN6O2/c1-11(10-23-20(29)18-8-17(13(3)28)24-25-18)27-7-6-16(26-27)15-5-4-14(9-22)19(21)12(15)2/h4-8,11H,10H2,1-3H3,(H,23,29)(H,24,25). The van der Waals surface area contributed by atoms with E-state index in [9.17, 15) is 9.59 Å². The zero-order valence-corrected chi connectivity index (χ0v) is 16.9. The topological polar surface area (TPSA) is 116 Å². The van der Waals surface area contributed by atoms with Gasteiger partial charge in [-0.25, -0.2) is 0 Å². The molecule has 0 spiro atoms. The molecule has 8 nitrogen and oxygen atoms in total. The minimum absolute atomic E-state index is 0.114. The lowest BCUT2D eigenvalue weighted by Crippen LogP contribution is -2.30. The third kappa shape index (κ3) is 4.20. The molecule has 1 unspecified atom stereocenters. The number of H-pyrrole nitrogens is 1. The van der Waals surface area contributed by atoms with Crippen LogP contribution < -0.4 is 5.32 Å². The molecule has 9 heteroatoms. The van der Waals surface area contributed by atoms with Gasteiger partial charge in [-0.2, -0.15) is 15.5 Å². The second-order valence-corrected chi connectivity index (χ2v) is 7.05. The highest BCUT2D eigenvalue weighted by molar-refractivity contribution is 6.32. The molecule has 0 bridgehead atoms. The number of aromatic nitrogens is 4. The van der Waals surface area contributed by atoms with Crippen LogP contribution in [-0.2, 0) is 0 Å². The van der Waals surface area contributed by atoms with Crippen LogP contribution in [0.1, 0.15) is 52.0 Å². The van der Waals surface area contributed by atoms with Crippen LogP contribution in [-0.4, -0.2) is 38.2 Å². The van der Waals surface area contributed by atoms with Crippen LogP contribution in [0.5, 0.6) is 0 Å². The van der Waals surface area contributed by atoms with Crippen molar-refractivity contribution in [2.75, 3.05) is 6.54 Å². The van der Waals surface area contributed by atoms with Gasteiger partial charge in [0.1, 0.15) is 17.5 Å². The largest absolute Gasteiger partial charge is 0.349 e. The second kappa shape index (κ2) is 8.29. The predicted molar refractivity (Wildman–Crippen MR) is 108 cm³/mol. The Morgan fingerprint density at radius 1 is 1.38 bits per heavy atom. The summed E-state index contributed by atoms with van der Waals surface area (Å²) >= 11 is 6.25. The molecule has 3 rings (SSSR count). The van der Waals surface area contributed by atoms with E-state index < -0.39 is 0 Å². The van der Waals surface area contributed by atoms with Gasteiger partial charge >= 0.3 is 0 Å². The Labute approximate surface area is 172 Å². The molecule has 0 aliphatic heterocycles. The molecular weight excluding hydrogens is 392 g/mol. The summed E-state index contributed by atoms with van der Waals surface area (Å²) in [6, 6.07) is 8.73. The first-order chi connectivity index (χ1) is 13.8. The van der Waals surface area contributed by atoms with Crippen molar-refractivity contribution in [2.24, 2.45) is 0 Å². The van der Waals surface area contributed by atoms with E-state index in [1.807, 2.05) is 32.2 Å². The molecule has 1 aromatic carbocycles. The molecule has 0 fully saturated rings. The van der Waals surface area contributed by atoms with Gasteiger partial charge in [0.15, 0.2) is 5.78 Å². The summed E-state index contributed by atoms with van der Waals surface area (Å²) < 4.78 is 1.75. The lowest BCUT2D eigenvalue weighted by Gasteiger charge is -2.13. The van der Waals surface area contributed by atoms with E-state index in [1.165, 1.54) is 13.0 Å². The Morgan fingerprint density at radius 2 is 2.14 bits per heavy atom. The van der Waals surface area contributed by atoms with Crippen molar-refractivity contribution in [2.45, 2.75) is 26.8 Å². The molecular formula is C20H19ClN6O2. The fraction of sp³-hybridized carbons (Fsp3) is 0.250. The average Bonchev–Trinajstić information content (AvgIpc) is 3.38. The maximum atomic E-state index is 12.2. The third-order valence-corrected chi connectivity index (χ3v) is 5.07. The predicted octanol–water partition coefficient (Wildman–Crippen LogP) is 3.30. The molecule has 0 aliphatic carbocycles. The van der Waals surface area contributed by atoms with E-state index in [1.54, 1.807) is 10.7 Å². The summed E-state index contributed by atoms with van der Waals surface area (Å²) in [5.41, 5.74) is 3.24. The highest BCUT2D eigenvalue weighted by Crippen LogP contribution is 2.30. The van der Waals surface area contributed by atoms with E-state index >= 15 is 0 Å². The molecule has 2 aromatic heterocycles. The van der Waals surface area contributed by atoms with Gasteiger partial charge in [0.2, 0.25) is 0 Å². The van der Waals surface area contributed by atoms with Crippen molar-refractivity contribution in [3.63, 3.8) is 0 Å². The fourth-order valence-corrected chi connectivity index (χ4v) is 3.03. The summed E-state index contributed by atoms with van der Waals surface area (Å²) in [4.78, 5) is 23.5. The number of Topliss-reactive ketones (excluding diaryl/α,β-unsaturated/α-hetero) is 1. The molecule has 0 saturated heterocycles. The number of aromatic amines is 1. The highest BCUT2D eigenvalue weighted by atomic mass is 35.5. The van der Waals surface area contributed by atoms with Crippen molar-refractivity contribution < 1.29 is 9.59 Å². The number of carbonyl (C=O) groups is 2. The van der Waals surface area contributed by atoms with Crippen LogP contribution in [0.4, 0.5) is 0 Å². The van der Waals surface area contributed by atoms with E-state index in [4.69, 9.17) is 16.9 Å². The van der Waals surface area contributed by atoms with Gasteiger partial charge in [-0.1, -0.05) is 17.7 Å². The fourth-order valence-electron chi connectivity index (χ4n) is 2.82. The lowest BCUT2D eigenvalue weighted by molar-refractivity contribution is 0.0942. The van der Waals surface area contributed by atoms with Crippen LogP contribution in [0, 0.1) is 18.3 Å². The highest BCUT2D eigenvalue weighted by Gasteiger charge is 2.16. The van der Waals surface area contributed by atoms with Gasteiger partial charge in [-0.15, -0.1) is 0 Å². The van der Waals surface area contributed by atoms with E-state index in [2.05, 4.69) is 26.7 Å². The molecule has 1 atom stereocenters. The molecule has 29 heavy (non-hydrogen) atoms. The summed E-state index contributed by atoms with van der Waals surface area (Å²) in [6.07, 6.45) is 1.82. The number of rotatable bonds is 6. The molecule has 148 valence electrons. The van der Waals surface area contributed by atoms with Crippen molar-refractivity contribution in [3.8, 4) is 17.3 Å². The number of hydrogen-bond donors (Lipinski definition) is 2. The van der Waals surface area contributed by atoms with E-state index in [0.29, 0.717) is 17.1 Å². The number of benzene rings is 1. The normalized spacial score (nSPS) is 11.7. The number of nitrogens with zero attached hydrogens (tertiary/aromatic N) is 4. The van der Waals surface area contributed by atoms with Crippen molar-refractivity contribution >= 4 is 23.3 Å². The average molecular weight is 411 g/mol. The Hall–Kier alpha value is -3.44. The number of halogens is 1. The van der Waals surface area contributed by atoms with Gasteiger partial charge in [0, 0.05) is 25.2 Å². The van der Waals surface area contributed by atoms with E-state index in [0.717, 1.165) is 16.8 Å². The third-order valence-electron chi connectivity index (χ3n) is 4.58. The van der Waals surface area contributed by atoms with Gasteiger partial charge in [-0.05, 0) is 37.6 Å². The number of hydrogen-bond acceptors (Lipinski definition) is 5. The van der Waals surface area contributed by atoms with Crippen LogP contribution in [0.3, 0.4) is 0 Å². The van der Waals surface area contributed by atoms with Crippen molar-refractivity contribution in [1.82, 2.24) is 25.3 Å². The van der Waals surface area contributed by atoms with E-state index in [-0.39, 0.29) is 29.1 Å². The molecule has 3 aromatic rings. The Kier molecular flexibility index (Phi) is 5.80. The minimum Gasteiger partial charge on any atom is -0.349 e. The van der Waals surface area contributed by atoms with Crippen molar-refractivity contribution in [3.05, 3.63) is 58.0 Å². The molecule has 1 amide bonds. The Balaban J connectivity index is 1.69. The summed E-state index contributed by atoms with van der Waals surface area (Å²) in [7, 11) is 0. The lowest BCUT2D eigenvalue weighted by atomic mass is 10.0. The molecule has 2 heterocycles. The summed E-state index contributed by atoms with van der Waals surface area (Å²) in [5.74, 6) is -0.560. The number of amides is 1. The maximum absolute atomic E-state index is 12.2. The van der Waals surface area contributed by atoms with Crippen LogP contribution in [0.25, 0.3) is 11.3 Å². The zero-order chi connectivity index (χ0) is 21.1. The number of nitrogens with one attached hydrogen (secondary N) is 2. The Morgan fingerprint density at radius 3 is 2.79 bits per heavy atom. The first-order valence-electron chi connectivity index (χ1n) is 8.91. The van der Waals surface area contributed by atoms with Gasteiger partial charge in [0.05, 0.1) is 22.3 Å². The monoisotopic (exact) mass is 410 g/mol. The van der Waals surface area contributed by atoms with Gasteiger partial charge < -0.3 is 5.32 Å².